The quantitative estimate of drug-likeness (QED) is 0.263. The van der Waals surface area contributed by atoms with E-state index < -0.39 is 0 Å². The summed E-state index contributed by atoms with van der Waals surface area (Å²) >= 11 is 5.33. The lowest BCUT2D eigenvalue weighted by Gasteiger charge is -2.26. The zero-order chi connectivity index (χ0) is 19.8. The van der Waals surface area contributed by atoms with Crippen molar-refractivity contribution in [2.45, 2.75) is 13.3 Å². The van der Waals surface area contributed by atoms with Gasteiger partial charge in [0.2, 0.25) is 0 Å². The molecule has 0 radical (unpaired) electrons. The molecule has 0 amide bonds. The zero-order valence-corrected chi connectivity index (χ0v) is 16.8. The topological polar surface area (TPSA) is 69.7 Å². The average molecular weight is 381 g/mol. The van der Waals surface area contributed by atoms with Crippen molar-refractivity contribution in [1.29, 1.82) is 10.5 Å². The Morgan fingerprint density at radius 2 is 1.85 bits per heavy atom. The standard InChI is InChI=1S/C20H24N6S/c1-16(19(14-22)20(27)23-15-24(2)3)25-9-4-10-26(12-11-25)18-7-5-17(13-21)6-8-18/h5-8,15H,4,9-12H2,1-3H3/b19-16-,23-15+. The van der Waals surface area contributed by atoms with Crippen molar-refractivity contribution in [1.82, 2.24) is 9.80 Å². The maximum Gasteiger partial charge on any atom is 0.147 e. The lowest BCUT2D eigenvalue weighted by atomic mass is 10.2. The molecule has 0 atom stereocenters. The first-order valence-corrected chi connectivity index (χ1v) is 9.23. The minimum Gasteiger partial charge on any atom is -0.372 e. The van der Waals surface area contributed by atoms with E-state index >= 15 is 0 Å². The van der Waals surface area contributed by atoms with E-state index in [2.05, 4.69) is 26.9 Å². The fraction of sp³-hybridized carbons (Fsp3) is 0.400. The van der Waals surface area contributed by atoms with E-state index in [-0.39, 0.29) is 0 Å². The van der Waals surface area contributed by atoms with Crippen LogP contribution in [0.4, 0.5) is 5.69 Å². The summed E-state index contributed by atoms with van der Waals surface area (Å²) in [6.45, 7) is 5.38. The number of nitrogens with zero attached hydrogens (tertiary/aromatic N) is 6. The fourth-order valence-electron chi connectivity index (χ4n) is 2.93. The van der Waals surface area contributed by atoms with Crippen molar-refractivity contribution in [2.75, 3.05) is 45.2 Å². The third-order valence-electron chi connectivity index (χ3n) is 4.43. The molecule has 0 N–H and O–H groups in total. The number of nitriles is 2. The number of hydrogen-bond donors (Lipinski definition) is 0. The largest absolute Gasteiger partial charge is 0.372 e. The van der Waals surface area contributed by atoms with Crippen LogP contribution in [0.2, 0.25) is 0 Å². The summed E-state index contributed by atoms with van der Waals surface area (Å²) in [7, 11) is 3.72. The Morgan fingerprint density at radius 1 is 1.15 bits per heavy atom. The van der Waals surface area contributed by atoms with Crippen molar-refractivity contribution < 1.29 is 0 Å². The van der Waals surface area contributed by atoms with Gasteiger partial charge in [-0.3, -0.25) is 0 Å². The summed E-state index contributed by atoms with van der Waals surface area (Å²) in [6.07, 6.45) is 2.59. The Morgan fingerprint density at radius 3 is 2.44 bits per heavy atom. The van der Waals surface area contributed by atoms with Crippen LogP contribution in [0.15, 0.2) is 40.5 Å². The van der Waals surface area contributed by atoms with Crippen molar-refractivity contribution in [2.24, 2.45) is 4.99 Å². The molecule has 1 aliphatic heterocycles. The molecule has 1 aromatic carbocycles. The van der Waals surface area contributed by atoms with Crippen LogP contribution in [0.3, 0.4) is 0 Å². The predicted molar refractivity (Wildman–Crippen MR) is 113 cm³/mol. The van der Waals surface area contributed by atoms with Crippen LogP contribution in [-0.4, -0.2) is 61.4 Å². The molecule has 1 fully saturated rings. The molecular formula is C20H24N6S. The zero-order valence-electron chi connectivity index (χ0n) is 16.0. The molecule has 1 saturated heterocycles. The summed E-state index contributed by atoms with van der Waals surface area (Å²) in [6, 6.07) is 12.0. The van der Waals surface area contributed by atoms with E-state index in [9.17, 15) is 5.26 Å². The summed E-state index contributed by atoms with van der Waals surface area (Å²) in [5.74, 6) is 0. The van der Waals surface area contributed by atoms with Crippen LogP contribution < -0.4 is 4.90 Å². The molecule has 0 unspecified atom stereocenters. The van der Waals surface area contributed by atoms with Gasteiger partial charge >= 0.3 is 0 Å². The number of thiocarbonyl (C=S) groups is 1. The molecule has 0 saturated carbocycles. The van der Waals surface area contributed by atoms with Crippen LogP contribution >= 0.6 is 12.2 Å². The molecular weight excluding hydrogens is 356 g/mol. The highest BCUT2D eigenvalue weighted by molar-refractivity contribution is 7.80. The monoisotopic (exact) mass is 380 g/mol. The summed E-state index contributed by atoms with van der Waals surface area (Å²) in [4.78, 5) is 10.8. The number of aliphatic imine (C=N–C) groups is 1. The number of rotatable bonds is 4. The highest BCUT2D eigenvalue weighted by atomic mass is 32.1. The second-order valence-corrected chi connectivity index (χ2v) is 6.96. The average Bonchev–Trinajstić information content (AvgIpc) is 2.93. The van der Waals surface area contributed by atoms with Gasteiger partial charge in [0, 0.05) is 51.7 Å². The number of hydrogen-bond acceptors (Lipinski definition) is 5. The SMILES string of the molecule is C/C(=C(\C#N)C(=S)/N=C/N(C)C)N1CCCN(c2ccc(C#N)cc2)CC1. The molecule has 1 aromatic rings. The van der Waals surface area contributed by atoms with Gasteiger partial charge in [0.1, 0.15) is 16.6 Å². The maximum absolute atomic E-state index is 9.57. The molecule has 0 aliphatic carbocycles. The van der Waals surface area contributed by atoms with E-state index in [0.717, 1.165) is 44.0 Å². The maximum atomic E-state index is 9.57. The molecule has 6 nitrogen and oxygen atoms in total. The summed E-state index contributed by atoms with van der Waals surface area (Å²) in [5.41, 5.74) is 3.11. The second-order valence-electron chi connectivity index (χ2n) is 6.57. The highest BCUT2D eigenvalue weighted by Gasteiger charge is 2.19. The van der Waals surface area contributed by atoms with Gasteiger partial charge in [0.15, 0.2) is 0 Å². The van der Waals surface area contributed by atoms with Gasteiger partial charge in [0.25, 0.3) is 0 Å². The first kappa shape index (κ1) is 20.4. The van der Waals surface area contributed by atoms with Gasteiger partial charge < -0.3 is 14.7 Å². The van der Waals surface area contributed by atoms with Gasteiger partial charge in [-0.15, -0.1) is 0 Å². The van der Waals surface area contributed by atoms with Crippen LogP contribution in [0.5, 0.6) is 0 Å². The van der Waals surface area contributed by atoms with Crippen molar-refractivity contribution in [3.63, 3.8) is 0 Å². The van der Waals surface area contributed by atoms with E-state index in [4.69, 9.17) is 17.5 Å². The first-order chi connectivity index (χ1) is 13.0. The molecule has 0 bridgehead atoms. The van der Waals surface area contributed by atoms with E-state index in [1.165, 1.54) is 0 Å². The third kappa shape index (κ3) is 5.54. The third-order valence-corrected chi connectivity index (χ3v) is 4.73. The fourth-order valence-corrected chi connectivity index (χ4v) is 3.17. The molecule has 7 heteroatoms. The Labute approximate surface area is 166 Å². The van der Waals surface area contributed by atoms with Crippen LogP contribution in [0.25, 0.3) is 0 Å². The van der Waals surface area contributed by atoms with Crippen LogP contribution in [0.1, 0.15) is 18.9 Å². The van der Waals surface area contributed by atoms with Crippen LogP contribution in [0, 0.1) is 22.7 Å². The van der Waals surface area contributed by atoms with Gasteiger partial charge in [-0.1, -0.05) is 12.2 Å². The summed E-state index contributed by atoms with van der Waals surface area (Å²) < 4.78 is 0. The van der Waals surface area contributed by atoms with E-state index in [1.54, 1.807) is 11.2 Å². The lowest BCUT2D eigenvalue weighted by Crippen LogP contribution is -2.30. The Balaban J connectivity index is 2.12. The smallest absolute Gasteiger partial charge is 0.147 e. The first-order valence-electron chi connectivity index (χ1n) is 8.82. The summed E-state index contributed by atoms with van der Waals surface area (Å²) in [5, 5.41) is 18.5. The molecule has 0 spiro atoms. The molecule has 1 heterocycles. The minimum absolute atomic E-state index is 0.317. The number of allylic oxidation sites excluding steroid dienone is 1. The lowest BCUT2D eigenvalue weighted by molar-refractivity contribution is 0.369. The highest BCUT2D eigenvalue weighted by Crippen LogP contribution is 2.20. The molecule has 1 aliphatic rings. The van der Waals surface area contributed by atoms with E-state index in [1.807, 2.05) is 45.3 Å². The van der Waals surface area contributed by atoms with Crippen molar-refractivity contribution in [3.8, 4) is 12.1 Å². The van der Waals surface area contributed by atoms with Crippen molar-refractivity contribution >= 4 is 29.2 Å². The molecule has 0 aromatic heterocycles. The van der Waals surface area contributed by atoms with Crippen molar-refractivity contribution in [3.05, 3.63) is 41.1 Å². The second kappa shape index (κ2) is 9.70. The Kier molecular flexibility index (Phi) is 7.34. The molecule has 140 valence electrons. The normalized spacial score (nSPS) is 15.6. The molecule has 27 heavy (non-hydrogen) atoms. The van der Waals surface area contributed by atoms with Gasteiger partial charge in [-0.25, -0.2) is 4.99 Å². The van der Waals surface area contributed by atoms with Gasteiger partial charge in [0.05, 0.1) is 18.0 Å². The Bertz CT molecular complexity index is 810. The van der Waals surface area contributed by atoms with Crippen LogP contribution in [-0.2, 0) is 0 Å². The van der Waals surface area contributed by atoms with Gasteiger partial charge in [-0.05, 0) is 37.6 Å². The minimum atomic E-state index is 0.317. The number of benzene rings is 1. The number of anilines is 1. The van der Waals surface area contributed by atoms with Gasteiger partial charge in [-0.2, -0.15) is 10.5 Å². The predicted octanol–water partition coefficient (Wildman–Crippen LogP) is 2.79. The molecule has 2 rings (SSSR count). The van der Waals surface area contributed by atoms with E-state index in [0.29, 0.717) is 16.1 Å². The Hall–Kier alpha value is -2.90.